The summed E-state index contributed by atoms with van der Waals surface area (Å²) in [5, 5.41) is 3.14. The molecular weight excluding hydrogens is 350 g/mol. The van der Waals surface area contributed by atoms with Crippen LogP contribution in [-0.2, 0) is 9.53 Å². The van der Waals surface area contributed by atoms with Crippen molar-refractivity contribution in [2.24, 2.45) is 5.41 Å². The third kappa shape index (κ3) is 5.48. The average Bonchev–Trinajstić information content (AvgIpc) is 2.64. The number of nitrogens with one attached hydrogen (secondary N) is 1. The van der Waals surface area contributed by atoms with Gasteiger partial charge in [-0.25, -0.2) is 0 Å². The molecule has 28 heavy (non-hydrogen) atoms. The number of carbonyl (C=O) groups is 1. The van der Waals surface area contributed by atoms with Gasteiger partial charge in [0.1, 0.15) is 0 Å². The SMILES string of the molecule is Cc1cc(N2CCC(N3CCOCC3)CC2)cc(C)c1NC(=O)CC(C)(C)C. The molecule has 0 aromatic heterocycles. The van der Waals surface area contributed by atoms with Gasteiger partial charge in [0, 0.05) is 50.0 Å². The molecule has 0 unspecified atom stereocenters. The van der Waals surface area contributed by atoms with Gasteiger partial charge in [-0.1, -0.05) is 20.8 Å². The van der Waals surface area contributed by atoms with Gasteiger partial charge < -0.3 is 15.0 Å². The minimum absolute atomic E-state index is 0.00332. The van der Waals surface area contributed by atoms with Crippen molar-refractivity contribution in [3.8, 4) is 0 Å². The monoisotopic (exact) mass is 387 g/mol. The second-order valence-corrected chi connectivity index (χ2v) is 9.61. The molecule has 0 aliphatic carbocycles. The molecule has 0 saturated carbocycles. The zero-order valence-electron chi connectivity index (χ0n) is 18.3. The lowest BCUT2D eigenvalue weighted by Crippen LogP contribution is -2.49. The Morgan fingerprint density at radius 3 is 2.18 bits per heavy atom. The number of hydrogen-bond donors (Lipinski definition) is 1. The maximum absolute atomic E-state index is 12.4. The first-order valence-electron chi connectivity index (χ1n) is 10.7. The van der Waals surface area contributed by atoms with E-state index in [1.807, 2.05) is 0 Å². The van der Waals surface area contributed by atoms with Crippen LogP contribution in [0.2, 0.25) is 0 Å². The van der Waals surface area contributed by atoms with Gasteiger partial charge in [0.25, 0.3) is 0 Å². The highest BCUT2D eigenvalue weighted by atomic mass is 16.5. The molecule has 0 bridgehead atoms. The molecular formula is C23H37N3O2. The molecule has 2 heterocycles. The molecule has 0 atom stereocenters. The Morgan fingerprint density at radius 2 is 1.64 bits per heavy atom. The third-order valence-electron chi connectivity index (χ3n) is 5.86. The van der Waals surface area contributed by atoms with Crippen molar-refractivity contribution in [2.45, 2.75) is 59.9 Å². The largest absolute Gasteiger partial charge is 0.379 e. The van der Waals surface area contributed by atoms with E-state index in [-0.39, 0.29) is 11.3 Å². The standard InChI is InChI=1S/C23H37N3O2/c1-17-14-20(15-18(2)22(17)24-21(27)16-23(3,4)5)25-8-6-19(7-9-25)26-10-12-28-13-11-26/h14-15,19H,6-13,16H2,1-5H3,(H,24,27). The summed E-state index contributed by atoms with van der Waals surface area (Å²) >= 11 is 0. The zero-order chi connectivity index (χ0) is 20.3. The molecule has 156 valence electrons. The topological polar surface area (TPSA) is 44.8 Å². The fraction of sp³-hybridized carbons (Fsp3) is 0.696. The summed E-state index contributed by atoms with van der Waals surface area (Å²) in [4.78, 5) is 17.5. The summed E-state index contributed by atoms with van der Waals surface area (Å²) in [6.07, 6.45) is 2.95. The highest BCUT2D eigenvalue weighted by molar-refractivity contribution is 5.93. The van der Waals surface area contributed by atoms with Gasteiger partial charge in [-0.2, -0.15) is 0 Å². The van der Waals surface area contributed by atoms with E-state index in [0.29, 0.717) is 12.5 Å². The van der Waals surface area contributed by atoms with Gasteiger partial charge >= 0.3 is 0 Å². The number of benzene rings is 1. The van der Waals surface area contributed by atoms with Crippen molar-refractivity contribution < 1.29 is 9.53 Å². The van der Waals surface area contributed by atoms with Crippen LogP contribution in [0.5, 0.6) is 0 Å². The van der Waals surface area contributed by atoms with Crippen molar-refractivity contribution in [3.05, 3.63) is 23.3 Å². The summed E-state index contributed by atoms with van der Waals surface area (Å²) in [5.41, 5.74) is 4.54. The normalized spacial score (nSPS) is 19.7. The summed E-state index contributed by atoms with van der Waals surface area (Å²) in [5.74, 6) is 0.0952. The molecule has 0 radical (unpaired) electrons. The fourth-order valence-electron chi connectivity index (χ4n) is 4.42. The van der Waals surface area contributed by atoms with Crippen molar-refractivity contribution in [3.63, 3.8) is 0 Å². The van der Waals surface area contributed by atoms with Gasteiger partial charge in [0.2, 0.25) is 5.91 Å². The molecule has 5 heteroatoms. The van der Waals surface area contributed by atoms with E-state index in [1.54, 1.807) is 0 Å². The van der Waals surface area contributed by atoms with Crippen LogP contribution in [0.4, 0.5) is 11.4 Å². The molecule has 1 N–H and O–H groups in total. The molecule has 5 nitrogen and oxygen atoms in total. The van der Waals surface area contributed by atoms with Crippen LogP contribution in [0.25, 0.3) is 0 Å². The van der Waals surface area contributed by atoms with Crippen LogP contribution >= 0.6 is 0 Å². The Hall–Kier alpha value is -1.59. The second-order valence-electron chi connectivity index (χ2n) is 9.61. The lowest BCUT2D eigenvalue weighted by atomic mass is 9.92. The average molecular weight is 388 g/mol. The van der Waals surface area contributed by atoms with Crippen molar-refractivity contribution >= 4 is 17.3 Å². The number of anilines is 2. The molecule has 0 spiro atoms. The lowest BCUT2D eigenvalue weighted by Gasteiger charge is -2.41. The van der Waals surface area contributed by atoms with E-state index < -0.39 is 0 Å². The van der Waals surface area contributed by atoms with E-state index in [2.05, 4.69) is 61.9 Å². The maximum Gasteiger partial charge on any atom is 0.224 e. The molecule has 1 aromatic carbocycles. The summed E-state index contributed by atoms with van der Waals surface area (Å²) in [6, 6.07) is 5.15. The Bertz CT molecular complexity index is 659. The van der Waals surface area contributed by atoms with Crippen molar-refractivity contribution in [1.82, 2.24) is 4.90 Å². The van der Waals surface area contributed by atoms with E-state index in [4.69, 9.17) is 4.74 Å². The van der Waals surface area contributed by atoms with E-state index in [9.17, 15) is 4.79 Å². The predicted octanol–water partition coefficient (Wildman–Crippen LogP) is 3.98. The quantitative estimate of drug-likeness (QED) is 0.849. The Kier molecular flexibility index (Phi) is 6.66. The number of ether oxygens (including phenoxy) is 1. The molecule has 3 rings (SSSR count). The van der Waals surface area contributed by atoms with E-state index in [0.717, 1.165) is 56.2 Å². The van der Waals surface area contributed by atoms with Crippen LogP contribution in [0.1, 0.15) is 51.2 Å². The van der Waals surface area contributed by atoms with Crippen LogP contribution in [-0.4, -0.2) is 56.2 Å². The van der Waals surface area contributed by atoms with Gasteiger partial charge in [-0.05, 0) is 55.4 Å². The van der Waals surface area contributed by atoms with Gasteiger partial charge in [-0.15, -0.1) is 0 Å². The molecule has 2 aliphatic heterocycles. The minimum Gasteiger partial charge on any atom is -0.379 e. The molecule has 1 amide bonds. The number of amides is 1. The predicted molar refractivity (Wildman–Crippen MR) is 116 cm³/mol. The molecule has 1 aromatic rings. The highest BCUT2D eigenvalue weighted by Crippen LogP contribution is 2.30. The third-order valence-corrected chi connectivity index (χ3v) is 5.86. The van der Waals surface area contributed by atoms with E-state index in [1.165, 1.54) is 18.5 Å². The number of nitrogens with zero attached hydrogens (tertiary/aromatic N) is 2. The van der Waals surface area contributed by atoms with E-state index >= 15 is 0 Å². The summed E-state index contributed by atoms with van der Waals surface area (Å²) in [6.45, 7) is 16.6. The number of morpholine rings is 1. The maximum atomic E-state index is 12.4. The van der Waals surface area contributed by atoms with Gasteiger partial charge in [0.15, 0.2) is 0 Å². The molecule has 2 fully saturated rings. The second kappa shape index (κ2) is 8.83. The summed E-state index contributed by atoms with van der Waals surface area (Å²) in [7, 11) is 0. The number of piperidine rings is 1. The number of carbonyl (C=O) groups excluding carboxylic acids is 1. The zero-order valence-corrected chi connectivity index (χ0v) is 18.3. The Labute approximate surface area is 170 Å². The molecule has 2 aliphatic rings. The summed E-state index contributed by atoms with van der Waals surface area (Å²) < 4.78 is 5.49. The fourth-order valence-corrected chi connectivity index (χ4v) is 4.42. The minimum atomic E-state index is -0.00332. The molecule has 2 saturated heterocycles. The van der Waals surface area contributed by atoms with Crippen LogP contribution in [0.3, 0.4) is 0 Å². The van der Waals surface area contributed by atoms with Gasteiger partial charge in [0.05, 0.1) is 13.2 Å². The number of rotatable bonds is 4. The van der Waals surface area contributed by atoms with Gasteiger partial charge in [-0.3, -0.25) is 9.69 Å². The highest BCUT2D eigenvalue weighted by Gasteiger charge is 2.26. The Balaban J connectivity index is 1.62. The smallest absolute Gasteiger partial charge is 0.224 e. The number of aryl methyl sites for hydroxylation is 2. The first kappa shape index (κ1) is 21.1. The lowest BCUT2D eigenvalue weighted by molar-refractivity contribution is -0.117. The van der Waals surface area contributed by atoms with Crippen molar-refractivity contribution in [2.75, 3.05) is 49.6 Å². The van der Waals surface area contributed by atoms with Crippen LogP contribution in [0.15, 0.2) is 12.1 Å². The van der Waals surface area contributed by atoms with Crippen molar-refractivity contribution in [1.29, 1.82) is 0 Å². The van der Waals surface area contributed by atoms with Crippen LogP contribution in [0, 0.1) is 19.3 Å². The van der Waals surface area contributed by atoms with Crippen LogP contribution < -0.4 is 10.2 Å². The first-order valence-corrected chi connectivity index (χ1v) is 10.7. The number of hydrogen-bond acceptors (Lipinski definition) is 4. The first-order chi connectivity index (χ1) is 13.2. The Morgan fingerprint density at radius 1 is 1.07 bits per heavy atom.